The molecule has 0 bridgehead atoms. The number of hydrogen-bond acceptors (Lipinski definition) is 3. The Kier molecular flexibility index (Phi) is 6.35. The van der Waals surface area contributed by atoms with Crippen molar-refractivity contribution in [2.75, 3.05) is 18.4 Å². The van der Waals surface area contributed by atoms with Crippen LogP contribution < -0.4 is 10.6 Å². The average molecular weight is 331 g/mol. The monoisotopic (exact) mass is 331 g/mol. The van der Waals surface area contributed by atoms with Gasteiger partial charge in [-0.2, -0.15) is 0 Å². The van der Waals surface area contributed by atoms with Crippen molar-refractivity contribution >= 4 is 23.4 Å². The number of nitrogens with zero attached hydrogens (tertiary/aromatic N) is 1. The number of nitrogens with one attached hydrogen (secondary N) is 2. The van der Waals surface area contributed by atoms with Crippen LogP contribution in [0.5, 0.6) is 0 Å². The molecule has 1 heterocycles. The summed E-state index contributed by atoms with van der Waals surface area (Å²) in [6.07, 6.45) is 2.58. The molecule has 2 N–H and O–H groups in total. The molecule has 1 aliphatic heterocycles. The van der Waals surface area contributed by atoms with Crippen molar-refractivity contribution in [3.05, 3.63) is 29.8 Å². The second kappa shape index (κ2) is 8.47. The van der Waals surface area contributed by atoms with Crippen LogP contribution in [0.4, 0.5) is 5.69 Å². The molecule has 0 aliphatic carbocycles. The van der Waals surface area contributed by atoms with Crippen LogP contribution >= 0.6 is 0 Å². The maximum atomic E-state index is 11.9. The van der Waals surface area contributed by atoms with E-state index in [4.69, 9.17) is 0 Å². The molecular weight excluding hydrogens is 306 g/mol. The Morgan fingerprint density at radius 2 is 1.92 bits per heavy atom. The maximum Gasteiger partial charge on any atom is 0.251 e. The molecule has 1 saturated heterocycles. The number of hydrogen-bond donors (Lipinski definition) is 2. The van der Waals surface area contributed by atoms with E-state index in [0.717, 1.165) is 13.0 Å². The number of anilines is 1. The molecule has 24 heavy (non-hydrogen) atoms. The Hall–Kier alpha value is -2.37. The van der Waals surface area contributed by atoms with E-state index in [1.54, 1.807) is 24.3 Å². The fourth-order valence-corrected chi connectivity index (χ4v) is 2.64. The van der Waals surface area contributed by atoms with Crippen molar-refractivity contribution in [3.63, 3.8) is 0 Å². The molecule has 1 aliphatic rings. The zero-order valence-electron chi connectivity index (χ0n) is 14.3. The molecular formula is C18H25N3O3. The van der Waals surface area contributed by atoms with E-state index >= 15 is 0 Å². The van der Waals surface area contributed by atoms with Gasteiger partial charge in [0.1, 0.15) is 0 Å². The van der Waals surface area contributed by atoms with E-state index in [0.29, 0.717) is 37.1 Å². The van der Waals surface area contributed by atoms with Gasteiger partial charge in [-0.25, -0.2) is 0 Å². The smallest absolute Gasteiger partial charge is 0.251 e. The van der Waals surface area contributed by atoms with Gasteiger partial charge in [0.2, 0.25) is 11.8 Å². The van der Waals surface area contributed by atoms with Crippen LogP contribution in [0.15, 0.2) is 24.3 Å². The summed E-state index contributed by atoms with van der Waals surface area (Å²) in [5.41, 5.74) is 1.23. The molecule has 0 saturated carbocycles. The average Bonchev–Trinajstić information content (AvgIpc) is 2.92. The number of amides is 3. The molecule has 0 spiro atoms. The molecule has 6 heteroatoms. The molecule has 0 unspecified atom stereocenters. The van der Waals surface area contributed by atoms with Crippen LogP contribution in [0.2, 0.25) is 0 Å². The lowest BCUT2D eigenvalue weighted by Crippen LogP contribution is -2.30. The van der Waals surface area contributed by atoms with E-state index in [9.17, 15) is 14.4 Å². The Bertz CT molecular complexity index is 596. The highest BCUT2D eigenvalue weighted by Crippen LogP contribution is 2.12. The Balaban J connectivity index is 1.75. The maximum absolute atomic E-state index is 11.9. The topological polar surface area (TPSA) is 78.5 Å². The summed E-state index contributed by atoms with van der Waals surface area (Å²) in [6.45, 7) is 5.26. The molecule has 0 radical (unpaired) electrons. The van der Waals surface area contributed by atoms with Crippen LogP contribution in [0.1, 0.15) is 49.9 Å². The SMILES string of the molecule is CC(C)NC(=O)c1ccc(NC(=O)CCCN2CCCC2=O)cc1. The summed E-state index contributed by atoms with van der Waals surface area (Å²) in [4.78, 5) is 37.1. The Morgan fingerprint density at radius 1 is 1.21 bits per heavy atom. The van der Waals surface area contributed by atoms with Gasteiger partial charge in [0.25, 0.3) is 5.91 Å². The fourth-order valence-electron chi connectivity index (χ4n) is 2.64. The normalized spacial score (nSPS) is 14.1. The van der Waals surface area contributed by atoms with Gasteiger partial charge < -0.3 is 15.5 Å². The summed E-state index contributed by atoms with van der Waals surface area (Å²) in [5, 5.41) is 5.63. The third-order valence-corrected chi connectivity index (χ3v) is 3.85. The second-order valence-electron chi connectivity index (χ2n) is 6.34. The molecule has 0 atom stereocenters. The second-order valence-corrected chi connectivity index (χ2v) is 6.34. The van der Waals surface area contributed by atoms with Crippen LogP contribution in [0.3, 0.4) is 0 Å². The highest BCUT2D eigenvalue weighted by molar-refractivity contribution is 5.95. The third-order valence-electron chi connectivity index (χ3n) is 3.85. The van der Waals surface area contributed by atoms with Gasteiger partial charge in [0, 0.05) is 43.2 Å². The summed E-state index contributed by atoms with van der Waals surface area (Å²) >= 11 is 0. The van der Waals surface area contributed by atoms with Gasteiger partial charge in [-0.3, -0.25) is 14.4 Å². The largest absolute Gasteiger partial charge is 0.350 e. The molecule has 1 aromatic rings. The first-order valence-electron chi connectivity index (χ1n) is 8.44. The van der Waals surface area contributed by atoms with Gasteiger partial charge in [-0.15, -0.1) is 0 Å². The zero-order valence-corrected chi connectivity index (χ0v) is 14.3. The first-order valence-corrected chi connectivity index (χ1v) is 8.44. The first-order chi connectivity index (χ1) is 11.5. The summed E-state index contributed by atoms with van der Waals surface area (Å²) < 4.78 is 0. The minimum absolute atomic E-state index is 0.0824. The van der Waals surface area contributed by atoms with E-state index in [-0.39, 0.29) is 23.8 Å². The van der Waals surface area contributed by atoms with Gasteiger partial charge in [-0.05, 0) is 51.0 Å². The lowest BCUT2D eigenvalue weighted by atomic mass is 10.2. The summed E-state index contributed by atoms with van der Waals surface area (Å²) in [6, 6.07) is 6.90. The molecule has 2 rings (SSSR count). The molecule has 1 fully saturated rings. The Labute approximate surface area is 142 Å². The van der Waals surface area contributed by atoms with Crippen molar-refractivity contribution in [3.8, 4) is 0 Å². The third kappa shape index (κ3) is 5.37. The van der Waals surface area contributed by atoms with Crippen LogP contribution in [-0.4, -0.2) is 41.8 Å². The van der Waals surface area contributed by atoms with Crippen molar-refractivity contribution < 1.29 is 14.4 Å². The molecule has 6 nitrogen and oxygen atoms in total. The molecule has 3 amide bonds. The number of likely N-dealkylation sites (tertiary alicyclic amines) is 1. The van der Waals surface area contributed by atoms with Gasteiger partial charge >= 0.3 is 0 Å². The van der Waals surface area contributed by atoms with Crippen molar-refractivity contribution in [2.24, 2.45) is 0 Å². The highest BCUT2D eigenvalue weighted by atomic mass is 16.2. The van der Waals surface area contributed by atoms with E-state index in [2.05, 4.69) is 10.6 Å². The fraction of sp³-hybridized carbons (Fsp3) is 0.500. The quantitative estimate of drug-likeness (QED) is 0.804. The van der Waals surface area contributed by atoms with E-state index in [1.165, 1.54) is 0 Å². The van der Waals surface area contributed by atoms with Gasteiger partial charge in [0.05, 0.1) is 0 Å². The van der Waals surface area contributed by atoms with Gasteiger partial charge in [0.15, 0.2) is 0 Å². The van der Waals surface area contributed by atoms with Crippen molar-refractivity contribution in [1.82, 2.24) is 10.2 Å². The Morgan fingerprint density at radius 3 is 2.50 bits per heavy atom. The predicted octanol–water partition coefficient (Wildman–Crippen LogP) is 2.17. The zero-order chi connectivity index (χ0) is 17.5. The molecule has 1 aromatic carbocycles. The number of carbonyl (C=O) groups is 3. The minimum Gasteiger partial charge on any atom is -0.350 e. The number of benzene rings is 1. The van der Waals surface area contributed by atoms with Crippen LogP contribution in [0.25, 0.3) is 0 Å². The minimum atomic E-state index is -0.127. The van der Waals surface area contributed by atoms with Crippen LogP contribution in [-0.2, 0) is 9.59 Å². The highest BCUT2D eigenvalue weighted by Gasteiger charge is 2.19. The summed E-state index contributed by atoms with van der Waals surface area (Å²) in [5.74, 6) is -0.0233. The standard InChI is InChI=1S/C18H25N3O3/c1-13(2)19-18(24)14-7-9-15(10-8-14)20-16(22)5-3-11-21-12-4-6-17(21)23/h7-10,13H,3-6,11-12H2,1-2H3,(H,19,24)(H,20,22). The molecule has 130 valence electrons. The lowest BCUT2D eigenvalue weighted by Gasteiger charge is -2.14. The lowest BCUT2D eigenvalue weighted by molar-refractivity contribution is -0.128. The number of rotatable bonds is 7. The van der Waals surface area contributed by atoms with E-state index < -0.39 is 0 Å². The first kappa shape index (κ1) is 18.0. The predicted molar refractivity (Wildman–Crippen MR) is 92.7 cm³/mol. The summed E-state index contributed by atoms with van der Waals surface area (Å²) in [7, 11) is 0. The van der Waals surface area contributed by atoms with E-state index in [1.807, 2.05) is 18.7 Å². The number of carbonyl (C=O) groups excluding carboxylic acids is 3. The van der Waals surface area contributed by atoms with Gasteiger partial charge in [-0.1, -0.05) is 0 Å². The van der Waals surface area contributed by atoms with Crippen LogP contribution in [0, 0.1) is 0 Å². The molecule has 0 aromatic heterocycles. The van der Waals surface area contributed by atoms with Crippen molar-refractivity contribution in [1.29, 1.82) is 0 Å². The van der Waals surface area contributed by atoms with Crippen molar-refractivity contribution in [2.45, 2.75) is 45.6 Å².